The van der Waals surface area contributed by atoms with E-state index >= 15 is 0 Å². The summed E-state index contributed by atoms with van der Waals surface area (Å²) < 4.78 is 0. The van der Waals surface area contributed by atoms with Gasteiger partial charge >= 0.3 is 0 Å². The van der Waals surface area contributed by atoms with E-state index in [1.165, 1.54) is 18.4 Å². The largest absolute Gasteiger partial charge is 0.334 e. The van der Waals surface area contributed by atoms with Gasteiger partial charge in [-0.25, -0.2) is 0 Å². The van der Waals surface area contributed by atoms with Crippen molar-refractivity contribution in [3.63, 3.8) is 0 Å². The quantitative estimate of drug-likeness (QED) is 0.343. The number of nitrogens with zero attached hydrogens (tertiary/aromatic N) is 1. The van der Waals surface area contributed by atoms with Crippen LogP contribution in [0.4, 0.5) is 0 Å². The smallest absolute Gasteiger partial charge is 0.251 e. The van der Waals surface area contributed by atoms with Gasteiger partial charge in [0.2, 0.25) is 0 Å². The van der Waals surface area contributed by atoms with Crippen LogP contribution in [0.15, 0.2) is 78.4 Å². The predicted molar refractivity (Wildman–Crippen MR) is 126 cm³/mol. The molecule has 2 aromatic carbocycles. The zero-order valence-corrected chi connectivity index (χ0v) is 18.5. The highest BCUT2D eigenvalue weighted by molar-refractivity contribution is 6.03. The molecule has 158 valence electrons. The lowest BCUT2D eigenvalue weighted by molar-refractivity contribution is -0.125. The minimum absolute atomic E-state index is 0.108. The van der Waals surface area contributed by atoms with E-state index < -0.39 is 0 Å². The first kappa shape index (κ1) is 22.0. The van der Waals surface area contributed by atoms with Gasteiger partial charge in [0.05, 0.1) is 0 Å². The van der Waals surface area contributed by atoms with Crippen molar-refractivity contribution in [3.05, 3.63) is 89.5 Å². The summed E-state index contributed by atoms with van der Waals surface area (Å²) in [6.45, 7) is 8.87. The monoisotopic (exact) mass is 402 g/mol. The molecule has 3 nitrogen and oxygen atoms in total. The van der Waals surface area contributed by atoms with Crippen molar-refractivity contribution in [2.75, 3.05) is 13.1 Å². The van der Waals surface area contributed by atoms with Crippen LogP contribution in [0.2, 0.25) is 0 Å². The number of carbonyl (C=O) groups excluding carboxylic acids is 1. The second kappa shape index (κ2) is 10.9. The molecule has 1 saturated heterocycles. The first-order chi connectivity index (χ1) is 14.6. The van der Waals surface area contributed by atoms with E-state index in [-0.39, 0.29) is 11.8 Å². The van der Waals surface area contributed by atoms with E-state index in [0.717, 1.165) is 29.8 Å². The zero-order valence-electron chi connectivity index (χ0n) is 18.5. The Balaban J connectivity index is 1.84. The Morgan fingerprint density at radius 3 is 2.47 bits per heavy atom. The molecule has 0 aliphatic carbocycles. The van der Waals surface area contributed by atoms with Crippen LogP contribution < -0.4 is 5.32 Å². The average Bonchev–Trinajstić information content (AvgIpc) is 3.08. The fourth-order valence-electron chi connectivity index (χ4n) is 4.00. The molecule has 1 heterocycles. The maximum absolute atomic E-state index is 13.4. The van der Waals surface area contributed by atoms with Gasteiger partial charge in [-0.1, -0.05) is 86.2 Å². The normalized spacial score (nSPS) is 19.5. The van der Waals surface area contributed by atoms with Gasteiger partial charge in [0, 0.05) is 30.6 Å². The lowest BCUT2D eigenvalue weighted by atomic mass is 9.93. The third kappa shape index (κ3) is 5.70. The molecule has 2 aromatic rings. The van der Waals surface area contributed by atoms with Crippen molar-refractivity contribution in [1.82, 2.24) is 10.2 Å². The zero-order chi connectivity index (χ0) is 21.3. The van der Waals surface area contributed by atoms with Crippen molar-refractivity contribution >= 4 is 11.5 Å². The lowest BCUT2D eigenvalue weighted by Crippen LogP contribution is -2.25. The van der Waals surface area contributed by atoms with E-state index in [1.807, 2.05) is 41.3 Å². The highest BCUT2D eigenvalue weighted by Crippen LogP contribution is 2.33. The van der Waals surface area contributed by atoms with Crippen LogP contribution >= 0.6 is 0 Å². The van der Waals surface area contributed by atoms with Gasteiger partial charge in [-0.15, -0.1) is 0 Å². The van der Waals surface area contributed by atoms with Gasteiger partial charge in [-0.3, -0.25) is 4.79 Å². The second-order valence-electron chi connectivity index (χ2n) is 8.16. The number of hydrogen-bond donors (Lipinski definition) is 1. The number of nitrogens with one attached hydrogen (secondary N) is 1. The highest BCUT2D eigenvalue weighted by atomic mass is 16.2. The fourth-order valence-corrected chi connectivity index (χ4v) is 4.00. The number of allylic oxidation sites excluding steroid dienone is 1. The van der Waals surface area contributed by atoms with Crippen LogP contribution in [0.25, 0.3) is 5.57 Å². The van der Waals surface area contributed by atoms with Crippen molar-refractivity contribution < 1.29 is 4.79 Å². The Morgan fingerprint density at radius 2 is 1.80 bits per heavy atom. The molecular formula is C27H34N2O. The highest BCUT2D eigenvalue weighted by Gasteiger charge is 2.35. The third-order valence-electron chi connectivity index (χ3n) is 5.76. The van der Waals surface area contributed by atoms with Gasteiger partial charge < -0.3 is 10.2 Å². The molecule has 2 unspecified atom stereocenters. The first-order valence-corrected chi connectivity index (χ1v) is 11.1. The van der Waals surface area contributed by atoms with E-state index in [2.05, 4.69) is 62.5 Å². The van der Waals surface area contributed by atoms with E-state index in [4.69, 9.17) is 0 Å². The van der Waals surface area contributed by atoms with E-state index in [1.54, 1.807) is 0 Å². The molecule has 0 spiro atoms. The van der Waals surface area contributed by atoms with Gasteiger partial charge in [0.1, 0.15) is 0 Å². The van der Waals surface area contributed by atoms with Crippen molar-refractivity contribution in [2.24, 2.45) is 5.92 Å². The Hall–Kier alpha value is -2.65. The van der Waals surface area contributed by atoms with Crippen molar-refractivity contribution in [1.29, 1.82) is 0 Å². The number of hydrogen-bond acceptors (Lipinski definition) is 2. The van der Waals surface area contributed by atoms with Crippen molar-refractivity contribution in [2.45, 2.75) is 46.2 Å². The summed E-state index contributed by atoms with van der Waals surface area (Å²) >= 11 is 0. The van der Waals surface area contributed by atoms with Crippen LogP contribution in [0, 0.1) is 5.92 Å². The molecule has 0 radical (unpaired) electrons. The minimum atomic E-state index is 0.108. The second-order valence-corrected chi connectivity index (χ2v) is 8.16. The molecule has 1 aliphatic rings. The molecule has 3 heteroatoms. The van der Waals surface area contributed by atoms with Crippen LogP contribution in [0.3, 0.4) is 0 Å². The molecule has 2 atom stereocenters. The molecule has 1 aliphatic heterocycles. The molecule has 0 saturated carbocycles. The summed E-state index contributed by atoms with van der Waals surface area (Å²) in [5.41, 5.74) is 4.29. The molecule has 1 N–H and O–H groups in total. The summed E-state index contributed by atoms with van der Waals surface area (Å²) in [7, 11) is 0. The van der Waals surface area contributed by atoms with Crippen LogP contribution in [0.5, 0.6) is 0 Å². The Kier molecular flexibility index (Phi) is 8.04. The van der Waals surface area contributed by atoms with Gasteiger partial charge in [0.15, 0.2) is 0 Å². The topological polar surface area (TPSA) is 32.3 Å². The first-order valence-electron chi connectivity index (χ1n) is 11.1. The van der Waals surface area contributed by atoms with Gasteiger partial charge in [0.25, 0.3) is 5.91 Å². The SMILES string of the molecule is CCCCNC(C)/C=C/C1CN(Cc2ccccc2)C(=O)/C1=C(/C)c1ccccc1. The van der Waals surface area contributed by atoms with Crippen LogP contribution in [-0.2, 0) is 11.3 Å². The maximum Gasteiger partial charge on any atom is 0.251 e. The number of likely N-dealkylation sites (tertiary alicyclic amines) is 1. The van der Waals surface area contributed by atoms with Gasteiger partial charge in [-0.2, -0.15) is 0 Å². The average molecular weight is 403 g/mol. The van der Waals surface area contributed by atoms with E-state index in [9.17, 15) is 4.79 Å². The molecule has 0 bridgehead atoms. The number of amides is 1. The summed E-state index contributed by atoms with van der Waals surface area (Å²) in [4.78, 5) is 15.4. The van der Waals surface area contributed by atoms with E-state index in [0.29, 0.717) is 12.6 Å². The molecule has 1 amide bonds. The summed E-state index contributed by atoms with van der Waals surface area (Å²) in [6, 6.07) is 20.8. The summed E-state index contributed by atoms with van der Waals surface area (Å²) in [5.74, 6) is 0.262. The molecule has 0 aromatic heterocycles. The lowest BCUT2D eigenvalue weighted by Gasteiger charge is -2.15. The molecular weight excluding hydrogens is 368 g/mol. The molecule has 3 rings (SSSR count). The third-order valence-corrected chi connectivity index (χ3v) is 5.76. The Morgan fingerprint density at radius 1 is 1.13 bits per heavy atom. The fraction of sp³-hybridized carbons (Fsp3) is 0.370. The van der Waals surface area contributed by atoms with Crippen LogP contribution in [-0.4, -0.2) is 29.9 Å². The molecule has 1 fully saturated rings. The number of benzene rings is 2. The molecule has 30 heavy (non-hydrogen) atoms. The Labute approximate surface area is 181 Å². The van der Waals surface area contributed by atoms with Gasteiger partial charge in [-0.05, 0) is 43.5 Å². The standard InChI is InChI=1S/C27H34N2O/c1-4-5-18-28-21(2)16-17-25-20-29(19-23-12-8-6-9-13-23)27(30)26(25)22(3)24-14-10-7-11-15-24/h6-17,21,25,28H,4-5,18-20H2,1-3H3/b17-16+,26-22-. The number of unbranched alkanes of at least 4 members (excludes halogenated alkanes) is 1. The maximum atomic E-state index is 13.4. The summed E-state index contributed by atoms with van der Waals surface area (Å²) in [5, 5.41) is 3.54. The number of rotatable bonds is 9. The summed E-state index contributed by atoms with van der Waals surface area (Å²) in [6.07, 6.45) is 6.83. The van der Waals surface area contributed by atoms with Crippen molar-refractivity contribution in [3.8, 4) is 0 Å². The minimum Gasteiger partial charge on any atom is -0.334 e. The van der Waals surface area contributed by atoms with Crippen LogP contribution in [0.1, 0.15) is 44.7 Å². The number of carbonyl (C=O) groups is 1. The Bertz CT molecular complexity index is 870. The predicted octanol–water partition coefficient (Wildman–Crippen LogP) is 5.45.